The third kappa shape index (κ3) is 23.6. The summed E-state index contributed by atoms with van der Waals surface area (Å²) in [5.41, 5.74) is 1.55. The van der Waals surface area contributed by atoms with Crippen LogP contribution in [-0.2, 0) is 40.1 Å². The van der Waals surface area contributed by atoms with E-state index in [2.05, 4.69) is 21.3 Å². The average Bonchev–Trinajstić information content (AvgIpc) is 0.919. The highest BCUT2D eigenvalue weighted by Gasteiger charge is 2.29. The van der Waals surface area contributed by atoms with E-state index in [0.29, 0.717) is 22.3 Å². The van der Waals surface area contributed by atoms with Gasteiger partial charge in [0.15, 0.2) is 0 Å². The van der Waals surface area contributed by atoms with Crippen molar-refractivity contribution in [2.45, 2.75) is 97.1 Å². The monoisotopic (exact) mass is 1570 g/mol. The second-order valence-corrected chi connectivity index (χ2v) is 31.3. The number of nitrogens with one attached hydrogen (secondary N) is 8. The maximum absolute atomic E-state index is 12.5. The fourth-order valence-corrected chi connectivity index (χ4v) is 13.4. The molecule has 0 aromatic heterocycles. The first-order chi connectivity index (χ1) is 50.1. The van der Waals surface area contributed by atoms with Gasteiger partial charge in [-0.2, -0.15) is 0 Å². The predicted molar refractivity (Wildman–Crippen MR) is 393 cm³/mol. The van der Waals surface area contributed by atoms with Crippen LogP contribution in [0.3, 0.4) is 0 Å². The van der Waals surface area contributed by atoms with Crippen molar-refractivity contribution in [3.63, 3.8) is 0 Å². The molecule has 0 spiro atoms. The molecule has 8 amide bonds. The van der Waals surface area contributed by atoms with Crippen molar-refractivity contribution in [1.82, 2.24) is 40.2 Å². The van der Waals surface area contributed by atoms with Crippen molar-refractivity contribution in [2.24, 2.45) is 0 Å². The summed E-state index contributed by atoms with van der Waals surface area (Å²) in [5.74, 6) is -3.55. The van der Waals surface area contributed by atoms with E-state index < -0.39 is 63.7 Å². The fraction of sp³-hybridized carbons (Fsp3) is 0.222. The summed E-state index contributed by atoms with van der Waals surface area (Å²) in [6.07, 6.45) is 3.84. The molecule has 560 valence electrons. The molecular weight excluding hydrogens is 1500 g/mol. The molecule has 0 unspecified atom stereocenters. The van der Waals surface area contributed by atoms with Gasteiger partial charge < -0.3 is 40.2 Å². The maximum atomic E-state index is 12.5. The Balaban J connectivity index is 0.000000197. The molecule has 2 fully saturated rings. The lowest BCUT2D eigenvalue weighted by molar-refractivity contribution is 0.0934. The molecule has 8 N–H and O–H groups in total. The number of carbonyl (C=O) groups is 8. The van der Waals surface area contributed by atoms with Crippen LogP contribution in [0, 0.1) is 0 Å². The van der Waals surface area contributed by atoms with Crippen LogP contribution in [0.15, 0.2) is 202 Å². The Morgan fingerprint density at radius 2 is 0.557 bits per heavy atom. The van der Waals surface area contributed by atoms with Crippen molar-refractivity contribution >= 4 is 111 Å². The number of amides is 8. The van der Waals surface area contributed by atoms with Crippen LogP contribution in [0.5, 0.6) is 23.0 Å². The number of rotatable bonds is 24. The van der Waals surface area contributed by atoms with Crippen molar-refractivity contribution in [2.75, 3.05) is 28.4 Å². The lowest BCUT2D eigenvalue weighted by Crippen LogP contribution is -2.31. The molecule has 28 nitrogen and oxygen atoms in total. The van der Waals surface area contributed by atoms with E-state index in [-0.39, 0.29) is 123 Å². The van der Waals surface area contributed by atoms with Gasteiger partial charge in [0.1, 0.15) is 23.0 Å². The van der Waals surface area contributed by atoms with Gasteiger partial charge in [0.2, 0.25) is 0 Å². The molecule has 10 rings (SSSR count). The van der Waals surface area contributed by atoms with Crippen LogP contribution in [-0.4, -0.2) is 134 Å². The summed E-state index contributed by atoms with van der Waals surface area (Å²) < 4.78 is 128. The Morgan fingerprint density at radius 3 is 0.802 bits per heavy atom. The quantitative estimate of drug-likeness (QED) is 0.0280. The second-order valence-electron chi connectivity index (χ2n) is 23.7. The first-order valence-electron chi connectivity index (χ1n) is 31.9. The molecule has 106 heavy (non-hydrogen) atoms. The Labute approximate surface area is 622 Å². The molecule has 0 aliphatic heterocycles. The normalized spacial score (nSPS) is 12.4. The van der Waals surface area contributed by atoms with Crippen molar-refractivity contribution in [1.29, 1.82) is 0 Å². The summed E-state index contributed by atoms with van der Waals surface area (Å²) >= 11 is 11.7. The zero-order chi connectivity index (χ0) is 77.8. The minimum atomic E-state index is -4.14. The zero-order valence-corrected chi connectivity index (χ0v) is 62.8. The van der Waals surface area contributed by atoms with Crippen LogP contribution in [0.1, 0.15) is 136 Å². The van der Waals surface area contributed by atoms with Crippen LogP contribution in [0.4, 0.5) is 0 Å². The number of carbonyl (C=O) groups excluding carboxylic acids is 8. The minimum Gasteiger partial charge on any atom is -0.496 e. The van der Waals surface area contributed by atoms with Gasteiger partial charge in [-0.25, -0.2) is 52.6 Å². The molecule has 34 heteroatoms. The molecule has 2 aliphatic rings. The Morgan fingerprint density at radius 1 is 0.321 bits per heavy atom. The molecule has 0 bridgehead atoms. The standard InChI is InChI=1S/C18H17ClN2O5S.C18H19ClN2O5S.C18H18N2O5S.C18H20N2O5S/c1-26-16-9-4-12(19)10-15(16)18(23)21-27(24,25)14-7-2-11(3-8-14)17(22)20-13-5-6-13;1-11(2)20-17(22)12-4-7-14(8-5-12)27(24,25)21-18(23)15-10-13(19)6-9-16(15)26-3;1-25-16-5-3-2-4-15(16)18(22)20-26(23,24)14-10-6-12(7-11-14)17(21)19-13-8-9-13;1-12(2)19-17(21)13-8-10-14(11-9-13)26(23,24)20-18(22)15-6-4-5-7-16(15)25-3/h2-4,7-10,13H,5-6H2,1H3,(H,20,22)(H,21,23);4-11H,1-3H3,(H,20,22)(H,21,23);2-7,10-11,13H,8-9H2,1H3,(H,19,21)(H,20,22);4-12H,1-3H3,(H,19,21)(H,20,22). The Kier molecular flexibility index (Phi) is 28.5. The first-order valence-corrected chi connectivity index (χ1v) is 38.6. The first kappa shape index (κ1) is 82.4. The number of hydrogen-bond donors (Lipinski definition) is 8. The largest absolute Gasteiger partial charge is 0.496 e. The van der Waals surface area contributed by atoms with E-state index in [4.69, 9.17) is 42.1 Å². The van der Waals surface area contributed by atoms with Gasteiger partial charge in [0.25, 0.3) is 87.4 Å². The summed E-state index contributed by atoms with van der Waals surface area (Å²) in [6.45, 7) is 7.28. The smallest absolute Gasteiger partial charge is 0.268 e. The number of benzene rings is 8. The van der Waals surface area contributed by atoms with Crippen molar-refractivity contribution in [3.05, 3.63) is 237 Å². The van der Waals surface area contributed by atoms with E-state index in [9.17, 15) is 72.0 Å². The van der Waals surface area contributed by atoms with E-state index >= 15 is 0 Å². The molecule has 0 saturated heterocycles. The summed E-state index contributed by atoms with van der Waals surface area (Å²) in [4.78, 5) is 96.5. The maximum Gasteiger partial charge on any atom is 0.268 e. The zero-order valence-electron chi connectivity index (χ0n) is 58.0. The summed E-state index contributed by atoms with van der Waals surface area (Å²) in [5, 5.41) is 11.6. The number of hydrogen-bond acceptors (Lipinski definition) is 20. The number of halogens is 2. The highest BCUT2D eigenvalue weighted by atomic mass is 35.5. The van der Waals surface area contributed by atoms with Crippen LogP contribution in [0.2, 0.25) is 10.0 Å². The van der Waals surface area contributed by atoms with Crippen LogP contribution in [0.25, 0.3) is 0 Å². The molecule has 0 atom stereocenters. The molecule has 8 aromatic rings. The second kappa shape index (κ2) is 36.7. The van der Waals surface area contributed by atoms with Gasteiger partial charge in [-0.1, -0.05) is 47.5 Å². The number of methoxy groups -OCH3 is 4. The number of ether oxygens (including phenoxy) is 4. The van der Waals surface area contributed by atoms with E-state index in [1.807, 2.05) is 46.6 Å². The van der Waals surface area contributed by atoms with Gasteiger partial charge in [-0.15, -0.1) is 0 Å². The van der Waals surface area contributed by atoms with E-state index in [0.717, 1.165) is 25.7 Å². The fourth-order valence-electron chi connectivity index (χ4n) is 9.15. The SMILES string of the molecule is COc1ccc(Cl)cc1C(=O)NS(=O)(=O)c1ccc(C(=O)NC(C)C)cc1.COc1ccc(Cl)cc1C(=O)NS(=O)(=O)c1ccc(C(=O)NC2CC2)cc1.COc1ccccc1C(=O)NS(=O)(=O)c1ccc(C(=O)NC(C)C)cc1.COc1ccccc1C(=O)NS(=O)(=O)c1ccc(C(=O)NC2CC2)cc1. The van der Waals surface area contributed by atoms with Gasteiger partial charge in [-0.3, -0.25) is 38.4 Å². The number of para-hydroxylation sites is 2. The molecule has 0 radical (unpaired) electrons. The third-order valence-corrected chi connectivity index (χ3v) is 20.7. The summed E-state index contributed by atoms with van der Waals surface area (Å²) in [7, 11) is -10.9. The molecular formula is C72H74Cl2N8O20S4. The third-order valence-electron chi connectivity index (χ3n) is 14.8. The van der Waals surface area contributed by atoms with Gasteiger partial charge >= 0.3 is 0 Å². The van der Waals surface area contributed by atoms with Gasteiger partial charge in [-0.05, 0) is 211 Å². The topological polar surface area (TPSA) is 406 Å². The van der Waals surface area contributed by atoms with Crippen LogP contribution < -0.4 is 59.1 Å². The highest BCUT2D eigenvalue weighted by Crippen LogP contribution is 2.27. The van der Waals surface area contributed by atoms with E-state index in [1.165, 1.54) is 174 Å². The molecule has 2 aliphatic carbocycles. The lowest BCUT2D eigenvalue weighted by atomic mass is 10.2. The Bertz CT molecular complexity index is 4750. The highest BCUT2D eigenvalue weighted by molar-refractivity contribution is 7.91. The predicted octanol–water partition coefficient (Wildman–Crippen LogP) is 8.62. The lowest BCUT2D eigenvalue weighted by Gasteiger charge is -2.11. The minimum absolute atomic E-state index is 0.00555. The van der Waals surface area contributed by atoms with Gasteiger partial charge in [0.05, 0.1) is 70.3 Å². The average molecular weight is 1570 g/mol. The van der Waals surface area contributed by atoms with Crippen LogP contribution >= 0.6 is 23.2 Å². The molecule has 8 aromatic carbocycles. The van der Waals surface area contributed by atoms with Gasteiger partial charge in [0, 0.05) is 56.5 Å². The summed E-state index contributed by atoms with van der Waals surface area (Å²) in [6, 6.07) is 42.9. The van der Waals surface area contributed by atoms with E-state index in [1.54, 1.807) is 36.4 Å². The Hall–Kier alpha value is -10.9. The molecule has 2 saturated carbocycles. The van der Waals surface area contributed by atoms with Crippen molar-refractivity contribution in [3.8, 4) is 23.0 Å². The molecule has 0 heterocycles. The van der Waals surface area contributed by atoms with Crippen molar-refractivity contribution < 1.29 is 91.0 Å². The number of sulfonamides is 4.